The van der Waals surface area contributed by atoms with Gasteiger partial charge in [-0.25, -0.2) is 9.67 Å². The van der Waals surface area contributed by atoms with Crippen molar-refractivity contribution in [3.05, 3.63) is 35.7 Å². The van der Waals surface area contributed by atoms with Gasteiger partial charge in [-0.15, -0.1) is 0 Å². The zero-order chi connectivity index (χ0) is 12.3. The molecule has 90 valence electrons. The Bertz CT molecular complexity index is 507. The molecule has 0 atom stereocenters. The molecular weight excluding hydrogens is 216 g/mol. The fourth-order valence-electron chi connectivity index (χ4n) is 1.63. The lowest BCUT2D eigenvalue weighted by atomic mass is 10.3. The highest BCUT2D eigenvalue weighted by molar-refractivity contribution is 5.42. The second-order valence-corrected chi connectivity index (χ2v) is 3.82. The van der Waals surface area contributed by atoms with Gasteiger partial charge >= 0.3 is 0 Å². The zero-order valence-electron chi connectivity index (χ0n) is 10.3. The van der Waals surface area contributed by atoms with E-state index in [0.717, 1.165) is 23.0 Å². The molecule has 17 heavy (non-hydrogen) atoms. The van der Waals surface area contributed by atoms with E-state index in [4.69, 9.17) is 4.74 Å². The Balaban J connectivity index is 2.05. The van der Waals surface area contributed by atoms with Gasteiger partial charge in [0.1, 0.15) is 5.82 Å². The standard InChI is InChI=1S/C12H16N4O/c1-9-5-4-6-13-12(9)14-8-10-7-11(17-3)16(2)15-10/h4-7H,8H2,1-3H3,(H,13,14). The van der Waals surface area contributed by atoms with Crippen molar-refractivity contribution in [2.24, 2.45) is 7.05 Å². The van der Waals surface area contributed by atoms with Crippen molar-refractivity contribution in [1.82, 2.24) is 14.8 Å². The first kappa shape index (κ1) is 11.4. The molecule has 0 aromatic carbocycles. The maximum atomic E-state index is 5.16. The number of ether oxygens (including phenoxy) is 1. The highest BCUT2D eigenvalue weighted by Crippen LogP contribution is 2.14. The van der Waals surface area contributed by atoms with Crippen LogP contribution in [0.15, 0.2) is 24.4 Å². The minimum Gasteiger partial charge on any atom is -0.481 e. The summed E-state index contributed by atoms with van der Waals surface area (Å²) < 4.78 is 6.87. The summed E-state index contributed by atoms with van der Waals surface area (Å²) in [6, 6.07) is 5.85. The monoisotopic (exact) mass is 232 g/mol. The molecule has 1 N–H and O–H groups in total. The highest BCUT2D eigenvalue weighted by atomic mass is 16.5. The molecule has 0 bridgehead atoms. The summed E-state index contributed by atoms with van der Waals surface area (Å²) >= 11 is 0. The van der Waals surface area contributed by atoms with Gasteiger partial charge in [0.2, 0.25) is 5.88 Å². The van der Waals surface area contributed by atoms with Crippen LogP contribution in [-0.4, -0.2) is 21.9 Å². The van der Waals surface area contributed by atoms with Crippen LogP contribution in [0, 0.1) is 6.92 Å². The van der Waals surface area contributed by atoms with E-state index in [1.807, 2.05) is 32.2 Å². The largest absolute Gasteiger partial charge is 0.481 e. The van der Waals surface area contributed by atoms with Crippen LogP contribution < -0.4 is 10.1 Å². The predicted molar refractivity (Wildman–Crippen MR) is 66.1 cm³/mol. The maximum absolute atomic E-state index is 5.16. The minimum atomic E-state index is 0.634. The van der Waals surface area contributed by atoms with Crippen molar-refractivity contribution in [2.45, 2.75) is 13.5 Å². The van der Waals surface area contributed by atoms with Crippen molar-refractivity contribution in [3.63, 3.8) is 0 Å². The van der Waals surface area contributed by atoms with Gasteiger partial charge in [-0.2, -0.15) is 5.10 Å². The third kappa shape index (κ3) is 2.55. The third-order valence-corrected chi connectivity index (χ3v) is 2.54. The Kier molecular flexibility index (Phi) is 3.27. The number of aryl methyl sites for hydroxylation is 2. The molecule has 0 spiro atoms. The molecule has 0 saturated heterocycles. The maximum Gasteiger partial charge on any atom is 0.211 e. The van der Waals surface area contributed by atoms with Crippen LogP contribution in [0.25, 0.3) is 0 Å². The second-order valence-electron chi connectivity index (χ2n) is 3.82. The first-order chi connectivity index (χ1) is 8.20. The fraction of sp³-hybridized carbons (Fsp3) is 0.333. The van der Waals surface area contributed by atoms with E-state index < -0.39 is 0 Å². The van der Waals surface area contributed by atoms with Crippen molar-refractivity contribution in [3.8, 4) is 5.88 Å². The topological polar surface area (TPSA) is 52.0 Å². The average Bonchev–Trinajstić information content (AvgIpc) is 2.69. The molecule has 0 aliphatic heterocycles. The van der Waals surface area contributed by atoms with E-state index in [9.17, 15) is 0 Å². The lowest BCUT2D eigenvalue weighted by molar-refractivity contribution is 0.373. The summed E-state index contributed by atoms with van der Waals surface area (Å²) in [5.74, 6) is 1.64. The number of nitrogens with one attached hydrogen (secondary N) is 1. The molecule has 0 radical (unpaired) electrons. The Morgan fingerprint density at radius 1 is 1.47 bits per heavy atom. The summed E-state index contributed by atoms with van der Waals surface area (Å²) in [5.41, 5.74) is 2.05. The number of methoxy groups -OCH3 is 1. The molecule has 0 unspecified atom stereocenters. The number of nitrogens with zero attached hydrogens (tertiary/aromatic N) is 3. The lowest BCUT2D eigenvalue weighted by Gasteiger charge is -2.05. The van der Waals surface area contributed by atoms with Gasteiger partial charge in [0.15, 0.2) is 0 Å². The summed E-state index contributed by atoms with van der Waals surface area (Å²) in [6.07, 6.45) is 1.77. The smallest absolute Gasteiger partial charge is 0.211 e. The normalized spacial score (nSPS) is 10.3. The van der Waals surface area contributed by atoms with Gasteiger partial charge in [0.05, 0.1) is 19.3 Å². The first-order valence-corrected chi connectivity index (χ1v) is 5.43. The molecule has 0 aliphatic rings. The summed E-state index contributed by atoms with van der Waals surface area (Å²) in [6.45, 7) is 2.66. The third-order valence-electron chi connectivity index (χ3n) is 2.54. The van der Waals surface area contributed by atoms with Crippen molar-refractivity contribution >= 4 is 5.82 Å². The van der Waals surface area contributed by atoms with Crippen LogP contribution >= 0.6 is 0 Å². The molecule has 0 fully saturated rings. The average molecular weight is 232 g/mol. The van der Waals surface area contributed by atoms with Gasteiger partial charge in [0.25, 0.3) is 0 Å². The molecule has 2 aromatic rings. The molecule has 2 aromatic heterocycles. The van der Waals surface area contributed by atoms with Crippen LogP contribution in [0.2, 0.25) is 0 Å². The van der Waals surface area contributed by atoms with Gasteiger partial charge in [-0.05, 0) is 18.6 Å². The number of pyridine rings is 1. The van der Waals surface area contributed by atoms with Crippen molar-refractivity contribution < 1.29 is 4.74 Å². The summed E-state index contributed by atoms with van der Waals surface area (Å²) in [7, 11) is 3.49. The summed E-state index contributed by atoms with van der Waals surface area (Å²) in [4.78, 5) is 4.27. The SMILES string of the molecule is COc1cc(CNc2ncccc2C)nn1C. The van der Waals surface area contributed by atoms with E-state index in [1.54, 1.807) is 18.0 Å². The van der Waals surface area contributed by atoms with Crippen molar-refractivity contribution in [2.75, 3.05) is 12.4 Å². The molecule has 2 heterocycles. The second kappa shape index (κ2) is 4.86. The summed E-state index contributed by atoms with van der Waals surface area (Å²) in [5, 5.41) is 7.58. The Morgan fingerprint density at radius 3 is 2.94 bits per heavy atom. The Labute approximate surface area is 100 Å². The predicted octanol–water partition coefficient (Wildman–Crippen LogP) is 1.74. The number of aromatic nitrogens is 3. The molecule has 0 amide bonds. The number of hydrogen-bond donors (Lipinski definition) is 1. The minimum absolute atomic E-state index is 0.634. The van der Waals surface area contributed by atoms with Gasteiger partial charge in [0, 0.05) is 19.3 Å². The lowest BCUT2D eigenvalue weighted by Crippen LogP contribution is -2.04. The van der Waals surface area contributed by atoms with Crippen LogP contribution in [0.1, 0.15) is 11.3 Å². The number of anilines is 1. The van der Waals surface area contributed by atoms with E-state index in [2.05, 4.69) is 15.4 Å². The van der Waals surface area contributed by atoms with Crippen LogP contribution in [-0.2, 0) is 13.6 Å². The Morgan fingerprint density at radius 2 is 2.29 bits per heavy atom. The van der Waals surface area contributed by atoms with E-state index in [-0.39, 0.29) is 0 Å². The van der Waals surface area contributed by atoms with Crippen LogP contribution in [0.4, 0.5) is 5.82 Å². The number of hydrogen-bond acceptors (Lipinski definition) is 4. The van der Waals surface area contributed by atoms with E-state index in [0.29, 0.717) is 6.54 Å². The molecule has 0 saturated carbocycles. The molecule has 0 aliphatic carbocycles. The molecular formula is C12H16N4O. The fourth-order valence-corrected chi connectivity index (χ4v) is 1.63. The van der Waals surface area contributed by atoms with E-state index in [1.165, 1.54) is 0 Å². The van der Waals surface area contributed by atoms with E-state index >= 15 is 0 Å². The quantitative estimate of drug-likeness (QED) is 0.872. The first-order valence-electron chi connectivity index (χ1n) is 5.43. The molecule has 5 heteroatoms. The molecule has 2 rings (SSSR count). The number of rotatable bonds is 4. The van der Waals surface area contributed by atoms with Gasteiger partial charge in [-0.1, -0.05) is 6.07 Å². The molecule has 5 nitrogen and oxygen atoms in total. The van der Waals surface area contributed by atoms with Crippen LogP contribution in [0.5, 0.6) is 5.88 Å². The van der Waals surface area contributed by atoms with Crippen LogP contribution in [0.3, 0.4) is 0 Å². The van der Waals surface area contributed by atoms with Crippen molar-refractivity contribution in [1.29, 1.82) is 0 Å². The van der Waals surface area contributed by atoms with Gasteiger partial charge in [-0.3, -0.25) is 0 Å². The van der Waals surface area contributed by atoms with Gasteiger partial charge < -0.3 is 10.1 Å². The Hall–Kier alpha value is -2.04. The highest BCUT2D eigenvalue weighted by Gasteiger charge is 2.05. The zero-order valence-corrected chi connectivity index (χ0v) is 10.3.